The zero-order valence-electron chi connectivity index (χ0n) is 12.4. The van der Waals surface area contributed by atoms with Gasteiger partial charge in [-0.3, -0.25) is 4.79 Å². The number of alkyl halides is 1. The van der Waals surface area contributed by atoms with E-state index in [9.17, 15) is 4.79 Å². The molecular formula is C16H21BrClNO2. The number of hydrogen-bond donors (Lipinski definition) is 1. The summed E-state index contributed by atoms with van der Waals surface area (Å²) < 4.78 is 5.27. The third-order valence-electron chi connectivity index (χ3n) is 4.13. The zero-order valence-corrected chi connectivity index (χ0v) is 14.8. The topological polar surface area (TPSA) is 38.3 Å². The van der Waals surface area contributed by atoms with Gasteiger partial charge < -0.3 is 10.1 Å². The first-order valence-corrected chi connectivity index (χ1v) is 8.71. The Morgan fingerprint density at radius 3 is 2.95 bits per heavy atom. The minimum Gasteiger partial charge on any atom is -0.496 e. The number of hydrogen-bond acceptors (Lipinski definition) is 2. The number of halogens is 2. The molecule has 1 aromatic rings. The second-order valence-corrected chi connectivity index (χ2v) is 6.91. The van der Waals surface area contributed by atoms with Crippen LogP contribution in [0.2, 0.25) is 5.02 Å². The molecule has 0 heterocycles. The highest BCUT2D eigenvalue weighted by Crippen LogP contribution is 2.34. The van der Waals surface area contributed by atoms with E-state index in [2.05, 4.69) is 28.2 Å². The van der Waals surface area contributed by atoms with Crippen LogP contribution in [0.4, 0.5) is 0 Å². The fourth-order valence-electron chi connectivity index (χ4n) is 3.09. The molecule has 0 aliphatic heterocycles. The van der Waals surface area contributed by atoms with Gasteiger partial charge in [-0.25, -0.2) is 0 Å². The quantitative estimate of drug-likeness (QED) is 0.792. The highest BCUT2D eigenvalue weighted by molar-refractivity contribution is 9.09. The van der Waals surface area contributed by atoms with Crippen LogP contribution in [-0.4, -0.2) is 23.9 Å². The molecule has 2 rings (SSSR count). The molecule has 0 aromatic heterocycles. The molecule has 0 radical (unpaired) electrons. The smallest absolute Gasteiger partial charge is 0.255 e. The van der Waals surface area contributed by atoms with E-state index in [0.29, 0.717) is 22.3 Å². The molecule has 1 fully saturated rings. The number of carbonyl (C=O) groups excluding carboxylic acids is 1. The van der Waals surface area contributed by atoms with Crippen LogP contribution >= 0.6 is 27.5 Å². The first kappa shape index (κ1) is 16.6. The van der Waals surface area contributed by atoms with E-state index in [1.807, 2.05) is 0 Å². The van der Waals surface area contributed by atoms with Crippen molar-refractivity contribution in [3.63, 3.8) is 0 Å². The SMILES string of the molecule is COc1cc(Cl)ccc1C(=O)NC1(CBr)CCCC(C)C1. The van der Waals surface area contributed by atoms with Gasteiger partial charge in [-0.05, 0) is 37.0 Å². The second-order valence-electron chi connectivity index (χ2n) is 5.91. The van der Waals surface area contributed by atoms with Crippen molar-refractivity contribution in [2.75, 3.05) is 12.4 Å². The summed E-state index contributed by atoms with van der Waals surface area (Å²) in [6.45, 7) is 2.24. The lowest BCUT2D eigenvalue weighted by atomic mass is 9.77. The minimum absolute atomic E-state index is 0.0999. The average Bonchev–Trinajstić information content (AvgIpc) is 2.46. The van der Waals surface area contributed by atoms with Crippen molar-refractivity contribution in [3.8, 4) is 5.75 Å². The normalized spacial score (nSPS) is 25.4. The van der Waals surface area contributed by atoms with Crippen molar-refractivity contribution >= 4 is 33.4 Å². The van der Waals surface area contributed by atoms with Crippen LogP contribution in [0.5, 0.6) is 5.75 Å². The van der Waals surface area contributed by atoms with Crippen molar-refractivity contribution in [2.45, 2.75) is 38.1 Å². The second kappa shape index (κ2) is 7.01. The number of nitrogens with one attached hydrogen (secondary N) is 1. The number of rotatable bonds is 4. The minimum atomic E-state index is -0.167. The molecule has 1 amide bonds. The molecule has 5 heteroatoms. The van der Waals surface area contributed by atoms with Gasteiger partial charge in [0.15, 0.2) is 0 Å². The summed E-state index contributed by atoms with van der Waals surface area (Å²) in [4.78, 5) is 12.6. The van der Waals surface area contributed by atoms with E-state index in [1.54, 1.807) is 25.3 Å². The Bertz CT molecular complexity index is 523. The van der Waals surface area contributed by atoms with Crippen molar-refractivity contribution in [3.05, 3.63) is 28.8 Å². The van der Waals surface area contributed by atoms with E-state index in [-0.39, 0.29) is 11.4 Å². The largest absolute Gasteiger partial charge is 0.496 e. The van der Waals surface area contributed by atoms with Crippen molar-refractivity contribution in [1.82, 2.24) is 5.32 Å². The van der Waals surface area contributed by atoms with Crippen molar-refractivity contribution in [1.29, 1.82) is 0 Å². The predicted molar refractivity (Wildman–Crippen MR) is 89.6 cm³/mol. The summed E-state index contributed by atoms with van der Waals surface area (Å²) in [5, 5.41) is 4.54. The molecular weight excluding hydrogens is 354 g/mol. The van der Waals surface area contributed by atoms with Crippen LogP contribution in [0, 0.1) is 5.92 Å². The average molecular weight is 375 g/mol. The van der Waals surface area contributed by atoms with Crippen molar-refractivity contribution < 1.29 is 9.53 Å². The fraction of sp³-hybridized carbons (Fsp3) is 0.562. The first-order valence-electron chi connectivity index (χ1n) is 7.22. The Morgan fingerprint density at radius 1 is 1.57 bits per heavy atom. The third kappa shape index (κ3) is 3.92. The van der Waals surface area contributed by atoms with Gasteiger partial charge in [-0.1, -0.05) is 47.3 Å². The Balaban J connectivity index is 2.20. The van der Waals surface area contributed by atoms with Gasteiger partial charge in [0.05, 0.1) is 18.2 Å². The molecule has 1 N–H and O–H groups in total. The van der Waals surface area contributed by atoms with Crippen LogP contribution in [-0.2, 0) is 0 Å². The summed E-state index contributed by atoms with van der Waals surface area (Å²) in [6.07, 6.45) is 4.38. The van der Waals surface area contributed by atoms with Crippen LogP contribution in [0.3, 0.4) is 0 Å². The summed E-state index contributed by atoms with van der Waals surface area (Å²) in [7, 11) is 1.55. The van der Waals surface area contributed by atoms with Crippen LogP contribution < -0.4 is 10.1 Å². The highest BCUT2D eigenvalue weighted by atomic mass is 79.9. The van der Waals surface area contributed by atoms with Gasteiger partial charge in [0.2, 0.25) is 0 Å². The number of benzene rings is 1. The summed E-state index contributed by atoms with van der Waals surface area (Å²) in [5.41, 5.74) is 0.361. The Hall–Kier alpha value is -0.740. The molecule has 2 atom stereocenters. The van der Waals surface area contributed by atoms with E-state index in [4.69, 9.17) is 16.3 Å². The summed E-state index contributed by atoms with van der Waals surface area (Å²) >= 11 is 9.52. The van der Waals surface area contributed by atoms with Gasteiger partial charge in [0.1, 0.15) is 5.75 Å². The molecule has 0 spiro atoms. The maximum Gasteiger partial charge on any atom is 0.255 e. The Morgan fingerprint density at radius 2 is 2.33 bits per heavy atom. The fourth-order valence-corrected chi connectivity index (χ4v) is 3.90. The molecule has 0 bridgehead atoms. The lowest BCUT2D eigenvalue weighted by Gasteiger charge is -2.39. The Kier molecular flexibility index (Phi) is 5.55. The zero-order chi connectivity index (χ0) is 15.5. The molecule has 1 aliphatic carbocycles. The predicted octanol–water partition coefficient (Wildman–Crippen LogP) is 4.42. The van der Waals surface area contributed by atoms with E-state index in [0.717, 1.165) is 24.6 Å². The number of carbonyl (C=O) groups is 1. The number of methoxy groups -OCH3 is 1. The van der Waals surface area contributed by atoms with Gasteiger partial charge in [0, 0.05) is 10.4 Å². The molecule has 0 saturated heterocycles. The van der Waals surface area contributed by atoms with Gasteiger partial charge in [-0.15, -0.1) is 0 Å². The van der Waals surface area contributed by atoms with Crippen LogP contribution in [0.15, 0.2) is 18.2 Å². The molecule has 1 aromatic carbocycles. The third-order valence-corrected chi connectivity index (χ3v) is 5.44. The van der Waals surface area contributed by atoms with E-state index >= 15 is 0 Å². The van der Waals surface area contributed by atoms with Crippen LogP contribution in [0.25, 0.3) is 0 Å². The van der Waals surface area contributed by atoms with Gasteiger partial charge in [0.25, 0.3) is 5.91 Å². The summed E-state index contributed by atoms with van der Waals surface area (Å²) in [6, 6.07) is 5.09. The Labute approximate surface area is 139 Å². The maximum absolute atomic E-state index is 12.6. The standard InChI is InChI=1S/C16H21BrClNO2/c1-11-4-3-7-16(9-11,10-17)19-15(20)13-6-5-12(18)8-14(13)21-2/h5-6,8,11H,3-4,7,9-10H2,1-2H3,(H,19,20). The monoisotopic (exact) mass is 373 g/mol. The van der Waals surface area contributed by atoms with Gasteiger partial charge >= 0.3 is 0 Å². The first-order chi connectivity index (χ1) is 9.99. The summed E-state index contributed by atoms with van der Waals surface area (Å²) in [5.74, 6) is 1.04. The van der Waals surface area contributed by atoms with Crippen LogP contribution in [0.1, 0.15) is 43.0 Å². The molecule has 116 valence electrons. The lowest BCUT2D eigenvalue weighted by Crippen LogP contribution is -2.52. The number of ether oxygens (including phenoxy) is 1. The van der Waals surface area contributed by atoms with Gasteiger partial charge in [-0.2, -0.15) is 0 Å². The van der Waals surface area contributed by atoms with Crippen molar-refractivity contribution in [2.24, 2.45) is 5.92 Å². The lowest BCUT2D eigenvalue weighted by molar-refractivity contribution is 0.0866. The number of amides is 1. The molecule has 1 aliphatic rings. The molecule has 3 nitrogen and oxygen atoms in total. The molecule has 1 saturated carbocycles. The maximum atomic E-state index is 12.6. The molecule has 21 heavy (non-hydrogen) atoms. The van der Waals surface area contributed by atoms with E-state index in [1.165, 1.54) is 6.42 Å². The highest BCUT2D eigenvalue weighted by Gasteiger charge is 2.36. The molecule has 2 unspecified atom stereocenters. The van der Waals surface area contributed by atoms with E-state index < -0.39 is 0 Å².